The second-order valence-corrected chi connectivity index (χ2v) is 4.35. The minimum atomic E-state index is 0.284. The van der Waals surface area contributed by atoms with E-state index in [9.17, 15) is 0 Å². The predicted octanol–water partition coefficient (Wildman–Crippen LogP) is 3.15. The third-order valence-corrected chi connectivity index (χ3v) is 2.94. The Hall–Kier alpha value is -1.22. The molecule has 0 aliphatic carbocycles. The number of ether oxygens (including phenoxy) is 2. The molecule has 0 saturated carbocycles. The number of hydrogen-bond acceptors (Lipinski definition) is 3. The maximum atomic E-state index is 5.94. The number of benzene rings is 1. The Kier molecular flexibility index (Phi) is 6.58. The zero-order chi connectivity index (χ0) is 13.4. The molecule has 1 aromatic rings. The molecule has 0 heterocycles. The molecule has 1 aromatic carbocycles. The summed E-state index contributed by atoms with van der Waals surface area (Å²) >= 11 is 0. The third-order valence-electron chi connectivity index (χ3n) is 2.94. The molecule has 0 fully saturated rings. The molecule has 0 radical (unpaired) electrons. The number of rotatable bonds is 8. The first-order valence-electron chi connectivity index (χ1n) is 6.85. The Morgan fingerprint density at radius 1 is 1.06 bits per heavy atom. The zero-order valence-corrected chi connectivity index (χ0v) is 11.7. The highest BCUT2D eigenvalue weighted by atomic mass is 16.5. The first-order valence-corrected chi connectivity index (χ1v) is 6.85. The van der Waals surface area contributed by atoms with Crippen LogP contribution in [0.25, 0.3) is 0 Å². The Labute approximate surface area is 110 Å². The van der Waals surface area contributed by atoms with Gasteiger partial charge in [0.05, 0.1) is 13.2 Å². The van der Waals surface area contributed by atoms with Crippen molar-refractivity contribution in [3.63, 3.8) is 0 Å². The lowest BCUT2D eigenvalue weighted by atomic mass is 10.0. The lowest BCUT2D eigenvalue weighted by Gasteiger charge is -2.13. The lowest BCUT2D eigenvalue weighted by molar-refractivity contribution is 0.287. The molecule has 1 atom stereocenters. The van der Waals surface area contributed by atoms with E-state index in [-0.39, 0.29) is 6.04 Å². The van der Waals surface area contributed by atoms with Crippen LogP contribution in [0.2, 0.25) is 0 Å². The summed E-state index contributed by atoms with van der Waals surface area (Å²) in [6, 6.07) is 6.43. The molecule has 1 rings (SSSR count). The molecule has 0 saturated heterocycles. The summed E-state index contributed by atoms with van der Waals surface area (Å²) in [4.78, 5) is 0. The summed E-state index contributed by atoms with van der Waals surface area (Å²) in [6.07, 6.45) is 3.02. The molecule has 0 bridgehead atoms. The van der Waals surface area contributed by atoms with Crippen molar-refractivity contribution >= 4 is 0 Å². The molecule has 0 aromatic heterocycles. The Morgan fingerprint density at radius 2 is 1.72 bits per heavy atom. The van der Waals surface area contributed by atoms with E-state index in [1.165, 1.54) is 5.56 Å². The van der Waals surface area contributed by atoms with Crippen molar-refractivity contribution in [1.29, 1.82) is 0 Å². The summed E-state index contributed by atoms with van der Waals surface area (Å²) < 4.78 is 11.1. The van der Waals surface area contributed by atoms with Gasteiger partial charge >= 0.3 is 0 Å². The van der Waals surface area contributed by atoms with Crippen LogP contribution in [0.15, 0.2) is 18.2 Å². The summed E-state index contributed by atoms with van der Waals surface area (Å²) in [7, 11) is 0. The fourth-order valence-corrected chi connectivity index (χ4v) is 1.81. The zero-order valence-electron chi connectivity index (χ0n) is 11.7. The molecule has 102 valence electrons. The predicted molar refractivity (Wildman–Crippen MR) is 75.4 cm³/mol. The molecule has 2 N–H and O–H groups in total. The molecule has 0 amide bonds. The van der Waals surface area contributed by atoms with Gasteiger partial charge in [-0.15, -0.1) is 0 Å². The van der Waals surface area contributed by atoms with Gasteiger partial charge in [-0.3, -0.25) is 0 Å². The first kappa shape index (κ1) is 14.8. The van der Waals surface area contributed by atoms with Gasteiger partial charge in [0.15, 0.2) is 11.5 Å². The third kappa shape index (κ3) is 4.57. The Bertz CT molecular complexity index is 352. The van der Waals surface area contributed by atoms with Gasteiger partial charge in [0, 0.05) is 6.04 Å². The Morgan fingerprint density at radius 3 is 2.33 bits per heavy atom. The highest BCUT2D eigenvalue weighted by molar-refractivity contribution is 5.43. The Balaban J connectivity index is 2.72. The van der Waals surface area contributed by atoms with Gasteiger partial charge in [-0.2, -0.15) is 0 Å². The maximum Gasteiger partial charge on any atom is 0.161 e. The first-order chi connectivity index (χ1) is 8.71. The topological polar surface area (TPSA) is 44.5 Å². The minimum Gasteiger partial charge on any atom is -0.490 e. The van der Waals surface area contributed by atoms with Crippen LogP contribution in [0, 0.1) is 0 Å². The van der Waals surface area contributed by atoms with Gasteiger partial charge < -0.3 is 15.2 Å². The van der Waals surface area contributed by atoms with Gasteiger partial charge in [-0.1, -0.05) is 13.0 Å². The van der Waals surface area contributed by atoms with Crippen LogP contribution in [0.1, 0.15) is 39.2 Å². The van der Waals surface area contributed by atoms with Crippen LogP contribution in [0.3, 0.4) is 0 Å². The van der Waals surface area contributed by atoms with E-state index in [0.717, 1.165) is 30.8 Å². The number of nitrogens with two attached hydrogens (primary N) is 1. The van der Waals surface area contributed by atoms with E-state index < -0.39 is 0 Å². The van der Waals surface area contributed by atoms with Crippen molar-refractivity contribution in [3.8, 4) is 11.5 Å². The van der Waals surface area contributed by atoms with Gasteiger partial charge in [0.2, 0.25) is 0 Å². The fourth-order valence-electron chi connectivity index (χ4n) is 1.81. The normalized spacial score (nSPS) is 12.2. The van der Waals surface area contributed by atoms with Gasteiger partial charge in [0.1, 0.15) is 0 Å². The van der Waals surface area contributed by atoms with Crippen LogP contribution >= 0.6 is 0 Å². The summed E-state index contributed by atoms with van der Waals surface area (Å²) in [5.41, 5.74) is 7.19. The van der Waals surface area contributed by atoms with Crippen LogP contribution in [0.4, 0.5) is 0 Å². The van der Waals surface area contributed by atoms with Crippen molar-refractivity contribution in [1.82, 2.24) is 0 Å². The molecular weight excluding hydrogens is 226 g/mol. The van der Waals surface area contributed by atoms with Gasteiger partial charge in [-0.05, 0) is 50.8 Å². The van der Waals surface area contributed by atoms with Crippen molar-refractivity contribution in [2.75, 3.05) is 13.2 Å². The summed E-state index contributed by atoms with van der Waals surface area (Å²) in [6.45, 7) is 7.38. The number of aryl methyl sites for hydroxylation is 1. The quantitative estimate of drug-likeness (QED) is 0.772. The van der Waals surface area contributed by atoms with Crippen LogP contribution in [-0.2, 0) is 6.42 Å². The van der Waals surface area contributed by atoms with Crippen molar-refractivity contribution in [3.05, 3.63) is 23.8 Å². The maximum absolute atomic E-state index is 5.94. The monoisotopic (exact) mass is 251 g/mol. The number of hydrogen-bond donors (Lipinski definition) is 1. The molecular formula is C15H25NO2. The smallest absolute Gasteiger partial charge is 0.161 e. The van der Waals surface area contributed by atoms with E-state index in [2.05, 4.69) is 19.1 Å². The van der Waals surface area contributed by atoms with Gasteiger partial charge in [-0.25, -0.2) is 0 Å². The molecule has 3 heteroatoms. The van der Waals surface area contributed by atoms with E-state index >= 15 is 0 Å². The molecule has 1 unspecified atom stereocenters. The molecule has 18 heavy (non-hydrogen) atoms. The summed E-state index contributed by atoms with van der Waals surface area (Å²) in [5, 5.41) is 0. The van der Waals surface area contributed by atoms with Crippen LogP contribution < -0.4 is 15.2 Å². The van der Waals surface area contributed by atoms with Crippen molar-refractivity contribution in [2.24, 2.45) is 5.73 Å². The van der Waals surface area contributed by atoms with Crippen molar-refractivity contribution in [2.45, 2.75) is 46.1 Å². The van der Waals surface area contributed by atoms with E-state index in [0.29, 0.717) is 13.2 Å². The lowest BCUT2D eigenvalue weighted by Crippen LogP contribution is -2.19. The van der Waals surface area contributed by atoms with Crippen LogP contribution in [-0.4, -0.2) is 19.3 Å². The van der Waals surface area contributed by atoms with E-state index in [4.69, 9.17) is 15.2 Å². The highest BCUT2D eigenvalue weighted by Crippen LogP contribution is 2.29. The second kappa shape index (κ2) is 7.98. The van der Waals surface area contributed by atoms with Crippen molar-refractivity contribution < 1.29 is 9.47 Å². The average molecular weight is 251 g/mol. The van der Waals surface area contributed by atoms with Gasteiger partial charge in [0.25, 0.3) is 0 Å². The minimum absolute atomic E-state index is 0.284. The highest BCUT2D eigenvalue weighted by Gasteiger charge is 2.07. The van der Waals surface area contributed by atoms with E-state index in [1.54, 1.807) is 0 Å². The molecule has 0 spiro atoms. The molecule has 0 aliphatic rings. The van der Waals surface area contributed by atoms with Crippen LogP contribution in [0.5, 0.6) is 11.5 Å². The largest absolute Gasteiger partial charge is 0.490 e. The summed E-state index contributed by atoms with van der Waals surface area (Å²) in [5.74, 6) is 1.66. The SMILES string of the molecule is CCOc1ccc(CCC(N)CC)cc1OCC. The fraction of sp³-hybridized carbons (Fsp3) is 0.600. The molecule has 0 aliphatic heterocycles. The molecule has 3 nitrogen and oxygen atoms in total. The standard InChI is InChI=1S/C15H25NO2/c1-4-13(16)9-7-12-8-10-14(17-5-2)15(11-12)18-6-3/h8,10-11,13H,4-7,9,16H2,1-3H3. The average Bonchev–Trinajstić information content (AvgIpc) is 2.39. The second-order valence-electron chi connectivity index (χ2n) is 4.35. The van der Waals surface area contributed by atoms with E-state index in [1.807, 2.05) is 19.9 Å².